The second kappa shape index (κ2) is 5.93. The lowest BCUT2D eigenvalue weighted by atomic mass is 10.0. The van der Waals surface area contributed by atoms with E-state index >= 15 is 0 Å². The molecule has 1 N–H and O–H groups in total. The summed E-state index contributed by atoms with van der Waals surface area (Å²) in [7, 11) is 0. The highest BCUT2D eigenvalue weighted by Gasteiger charge is 2.27. The minimum atomic E-state index is 0.343. The normalized spacial score (nSPS) is 15.0. The molecular formula is C20H18N4. The Morgan fingerprint density at radius 3 is 2.50 bits per heavy atom. The van der Waals surface area contributed by atoms with Crippen LogP contribution in [0.3, 0.4) is 0 Å². The Morgan fingerprint density at radius 2 is 1.79 bits per heavy atom. The van der Waals surface area contributed by atoms with E-state index in [1.54, 1.807) is 6.07 Å². The van der Waals surface area contributed by atoms with Crippen LogP contribution in [0.1, 0.15) is 25.5 Å². The number of hydrogen-bond acceptors (Lipinski definition) is 4. The number of benzene rings is 2. The Balaban J connectivity index is 1.58. The van der Waals surface area contributed by atoms with Crippen LogP contribution in [-0.4, -0.2) is 16.2 Å². The first kappa shape index (κ1) is 14.6. The van der Waals surface area contributed by atoms with Crippen molar-refractivity contribution < 1.29 is 0 Å². The molecule has 0 bridgehead atoms. The molecule has 0 aliphatic heterocycles. The number of hydrogen-bond donors (Lipinski definition) is 1. The van der Waals surface area contributed by atoms with Crippen molar-refractivity contribution in [3.05, 3.63) is 54.2 Å². The average molecular weight is 314 g/mol. The minimum Gasteiger partial charge on any atom is -0.382 e. The molecule has 0 spiro atoms. The molecule has 0 radical (unpaired) electrons. The Kier molecular flexibility index (Phi) is 3.62. The molecule has 4 heteroatoms. The first-order valence-electron chi connectivity index (χ1n) is 8.27. The van der Waals surface area contributed by atoms with Crippen molar-refractivity contribution in [3.63, 3.8) is 0 Å². The lowest BCUT2D eigenvalue weighted by Crippen LogP contribution is -2.16. The van der Waals surface area contributed by atoms with E-state index in [0.29, 0.717) is 11.7 Å². The summed E-state index contributed by atoms with van der Waals surface area (Å²) in [6, 6.07) is 18.9. The summed E-state index contributed by atoms with van der Waals surface area (Å²) < 4.78 is 0. The number of anilines is 1. The van der Waals surface area contributed by atoms with Crippen LogP contribution in [0.25, 0.3) is 22.0 Å². The summed E-state index contributed by atoms with van der Waals surface area (Å²) in [4.78, 5) is 0. The molecule has 1 atom stereocenters. The summed E-state index contributed by atoms with van der Waals surface area (Å²) in [6.07, 6.45) is 2.69. The topological polar surface area (TPSA) is 61.6 Å². The third-order valence-electron chi connectivity index (χ3n) is 4.64. The molecule has 24 heavy (non-hydrogen) atoms. The van der Waals surface area contributed by atoms with Gasteiger partial charge in [0.15, 0.2) is 5.69 Å². The van der Waals surface area contributed by atoms with Gasteiger partial charge in [-0.25, -0.2) is 0 Å². The van der Waals surface area contributed by atoms with Crippen LogP contribution in [0.15, 0.2) is 48.5 Å². The van der Waals surface area contributed by atoms with Gasteiger partial charge in [0.1, 0.15) is 6.07 Å². The third-order valence-corrected chi connectivity index (χ3v) is 4.64. The molecule has 3 aromatic rings. The van der Waals surface area contributed by atoms with Gasteiger partial charge in [-0.1, -0.05) is 24.3 Å². The Labute approximate surface area is 141 Å². The van der Waals surface area contributed by atoms with Gasteiger partial charge in [-0.05, 0) is 61.1 Å². The molecule has 1 aromatic heterocycles. The monoisotopic (exact) mass is 314 g/mol. The predicted octanol–water partition coefficient (Wildman–Crippen LogP) is 4.38. The van der Waals surface area contributed by atoms with E-state index in [4.69, 9.17) is 5.26 Å². The highest BCUT2D eigenvalue weighted by molar-refractivity contribution is 5.84. The van der Waals surface area contributed by atoms with Crippen molar-refractivity contribution in [2.75, 3.05) is 5.32 Å². The summed E-state index contributed by atoms with van der Waals surface area (Å²) in [6.45, 7) is 2.25. The lowest BCUT2D eigenvalue weighted by molar-refractivity contribution is 0.694. The number of fused-ring (bicyclic) bond motifs is 1. The average Bonchev–Trinajstić information content (AvgIpc) is 3.46. The maximum atomic E-state index is 8.90. The van der Waals surface area contributed by atoms with Gasteiger partial charge in [0.05, 0.1) is 5.52 Å². The number of aromatic nitrogens is 2. The molecule has 1 aliphatic rings. The smallest absolute Gasteiger partial charge is 0.163 e. The fourth-order valence-electron chi connectivity index (χ4n) is 3.01. The second-order valence-electron chi connectivity index (χ2n) is 6.46. The fourth-order valence-corrected chi connectivity index (χ4v) is 3.01. The maximum Gasteiger partial charge on any atom is 0.163 e. The Hall–Kier alpha value is -2.93. The minimum absolute atomic E-state index is 0.343. The van der Waals surface area contributed by atoms with Gasteiger partial charge in [0, 0.05) is 17.1 Å². The molecular weight excluding hydrogens is 296 g/mol. The van der Waals surface area contributed by atoms with Crippen LogP contribution >= 0.6 is 0 Å². The van der Waals surface area contributed by atoms with Crippen molar-refractivity contribution in [1.29, 1.82) is 5.26 Å². The van der Waals surface area contributed by atoms with Crippen molar-refractivity contribution in [2.45, 2.75) is 25.8 Å². The van der Waals surface area contributed by atoms with E-state index in [1.165, 1.54) is 12.8 Å². The van der Waals surface area contributed by atoms with Crippen LogP contribution in [0.5, 0.6) is 0 Å². The quantitative estimate of drug-likeness (QED) is 0.776. The van der Waals surface area contributed by atoms with E-state index < -0.39 is 0 Å². The van der Waals surface area contributed by atoms with E-state index in [9.17, 15) is 0 Å². The third kappa shape index (κ3) is 2.93. The highest BCUT2D eigenvalue weighted by atomic mass is 15.1. The van der Waals surface area contributed by atoms with Crippen molar-refractivity contribution in [1.82, 2.24) is 10.2 Å². The van der Waals surface area contributed by atoms with Crippen LogP contribution in [0, 0.1) is 17.2 Å². The van der Waals surface area contributed by atoms with Gasteiger partial charge in [0.25, 0.3) is 0 Å². The molecule has 4 nitrogen and oxygen atoms in total. The largest absolute Gasteiger partial charge is 0.382 e. The lowest BCUT2D eigenvalue weighted by Gasteiger charge is -2.14. The zero-order chi connectivity index (χ0) is 16.5. The van der Waals surface area contributed by atoms with Crippen LogP contribution in [-0.2, 0) is 0 Å². The van der Waals surface area contributed by atoms with E-state index in [-0.39, 0.29) is 0 Å². The van der Waals surface area contributed by atoms with E-state index in [0.717, 1.165) is 33.6 Å². The molecule has 1 fully saturated rings. The highest BCUT2D eigenvalue weighted by Crippen LogP contribution is 2.34. The summed E-state index contributed by atoms with van der Waals surface area (Å²) in [5, 5.41) is 21.4. The van der Waals surface area contributed by atoms with Crippen molar-refractivity contribution >= 4 is 16.6 Å². The van der Waals surface area contributed by atoms with E-state index in [2.05, 4.69) is 52.8 Å². The molecule has 4 rings (SSSR count). The molecule has 1 saturated carbocycles. The molecule has 0 amide bonds. The van der Waals surface area contributed by atoms with Crippen molar-refractivity contribution in [2.24, 2.45) is 5.92 Å². The maximum absolute atomic E-state index is 8.90. The zero-order valence-electron chi connectivity index (χ0n) is 13.5. The van der Waals surface area contributed by atoms with Gasteiger partial charge < -0.3 is 5.32 Å². The first-order valence-corrected chi connectivity index (χ1v) is 8.27. The number of nitrogens with one attached hydrogen (secondary N) is 1. The van der Waals surface area contributed by atoms with Crippen LogP contribution in [0.2, 0.25) is 0 Å². The van der Waals surface area contributed by atoms with Crippen molar-refractivity contribution in [3.8, 4) is 17.2 Å². The molecule has 1 aliphatic carbocycles. The SMILES string of the molecule is CC(Nc1ccc(-c2ccc3cc(C#N)nnc3c2)cc1)C1CC1. The molecule has 118 valence electrons. The molecule has 1 heterocycles. The van der Waals surface area contributed by atoms with Crippen LogP contribution in [0.4, 0.5) is 5.69 Å². The Bertz CT molecular complexity index is 921. The Morgan fingerprint density at radius 1 is 1.04 bits per heavy atom. The first-order chi connectivity index (χ1) is 11.7. The second-order valence-corrected chi connectivity index (χ2v) is 6.46. The summed E-state index contributed by atoms with van der Waals surface area (Å²) in [5.74, 6) is 0.835. The van der Waals surface area contributed by atoms with E-state index in [1.807, 2.05) is 18.2 Å². The van der Waals surface area contributed by atoms with Gasteiger partial charge in [0.2, 0.25) is 0 Å². The summed E-state index contributed by atoms with van der Waals surface area (Å²) in [5.41, 5.74) is 4.56. The zero-order valence-corrected chi connectivity index (χ0v) is 13.5. The van der Waals surface area contributed by atoms with Gasteiger partial charge >= 0.3 is 0 Å². The van der Waals surface area contributed by atoms with Crippen LogP contribution < -0.4 is 5.32 Å². The van der Waals surface area contributed by atoms with Gasteiger partial charge in [-0.3, -0.25) is 0 Å². The summed E-state index contributed by atoms with van der Waals surface area (Å²) >= 11 is 0. The van der Waals surface area contributed by atoms with Gasteiger partial charge in [-0.2, -0.15) is 5.26 Å². The molecule has 1 unspecified atom stereocenters. The predicted molar refractivity (Wildman–Crippen MR) is 95.5 cm³/mol. The molecule has 0 saturated heterocycles. The molecule has 2 aromatic carbocycles. The standard InChI is InChI=1S/C20H18N4/c1-13(14-2-3-14)22-18-8-6-15(7-9-18)16-4-5-17-10-19(12-21)23-24-20(17)11-16/h4-11,13-14,22H,2-3H2,1H3. The fraction of sp³-hybridized carbons (Fsp3) is 0.250. The number of rotatable bonds is 4. The number of nitriles is 1. The van der Waals surface area contributed by atoms with Gasteiger partial charge in [-0.15, -0.1) is 10.2 Å². The number of nitrogens with zero attached hydrogens (tertiary/aromatic N) is 3.